The van der Waals surface area contributed by atoms with Gasteiger partial charge in [0.15, 0.2) is 9.84 Å². The summed E-state index contributed by atoms with van der Waals surface area (Å²) in [4.78, 5) is 22.6. The lowest BCUT2D eigenvalue weighted by molar-refractivity contribution is 0.0702. The largest absolute Gasteiger partial charge is 0.340 e. The van der Waals surface area contributed by atoms with Gasteiger partial charge in [0, 0.05) is 24.3 Å². The molecular weight excluding hydrogens is 366 g/mol. The fourth-order valence-electron chi connectivity index (χ4n) is 3.05. The molecule has 1 amide bonds. The number of carbonyl (C=O) groups excluding carboxylic acids is 1. The molecule has 1 N–H and O–H groups in total. The molecule has 0 bridgehead atoms. The Morgan fingerprint density at radius 1 is 1.33 bits per heavy atom. The van der Waals surface area contributed by atoms with E-state index in [2.05, 4.69) is 15.3 Å². The summed E-state index contributed by atoms with van der Waals surface area (Å²) < 4.78 is 23.5. The average molecular weight is 385 g/mol. The number of carbonyl (C=O) groups is 1. The maximum Gasteiger partial charge on any atom is 0.272 e. The lowest BCUT2D eigenvalue weighted by Gasteiger charge is -2.26. The molecule has 1 atom stereocenters. The van der Waals surface area contributed by atoms with Crippen molar-refractivity contribution in [1.29, 1.82) is 5.26 Å². The van der Waals surface area contributed by atoms with Crippen molar-refractivity contribution in [1.82, 2.24) is 14.9 Å². The van der Waals surface area contributed by atoms with Crippen LogP contribution in [0.5, 0.6) is 0 Å². The fourth-order valence-corrected chi connectivity index (χ4v) is 4.79. The van der Waals surface area contributed by atoms with Crippen molar-refractivity contribution in [2.45, 2.75) is 19.4 Å². The van der Waals surface area contributed by atoms with Gasteiger partial charge in [-0.05, 0) is 37.6 Å². The average Bonchev–Trinajstić information content (AvgIpc) is 3.02. The molecule has 0 saturated carbocycles. The summed E-state index contributed by atoms with van der Waals surface area (Å²) in [6.07, 6.45) is 1.74. The maximum atomic E-state index is 12.8. The van der Waals surface area contributed by atoms with Gasteiger partial charge in [-0.3, -0.25) is 4.79 Å². The minimum Gasteiger partial charge on any atom is -0.340 e. The van der Waals surface area contributed by atoms with Crippen molar-refractivity contribution in [2.75, 3.05) is 23.4 Å². The van der Waals surface area contributed by atoms with Crippen LogP contribution in [0.15, 0.2) is 36.7 Å². The highest BCUT2D eigenvalue weighted by Gasteiger charge is 2.34. The Morgan fingerprint density at radius 2 is 2.07 bits per heavy atom. The number of nitrogens with one attached hydrogen (secondary N) is 1. The van der Waals surface area contributed by atoms with Gasteiger partial charge in [0.05, 0.1) is 23.1 Å². The molecule has 27 heavy (non-hydrogen) atoms. The van der Waals surface area contributed by atoms with Crippen LogP contribution in [0.25, 0.3) is 0 Å². The highest BCUT2D eigenvalue weighted by Crippen LogP contribution is 2.21. The first-order valence-corrected chi connectivity index (χ1v) is 10.3. The predicted octanol–water partition coefficient (Wildman–Crippen LogP) is 1.74. The number of amides is 1. The van der Waals surface area contributed by atoms with Gasteiger partial charge in [0.25, 0.3) is 5.91 Å². The molecule has 0 aliphatic carbocycles. The third kappa shape index (κ3) is 4.41. The molecular formula is C18H19N5O3S. The highest BCUT2D eigenvalue weighted by atomic mass is 32.2. The van der Waals surface area contributed by atoms with Crippen LogP contribution in [0.2, 0.25) is 0 Å². The van der Waals surface area contributed by atoms with Crippen molar-refractivity contribution >= 4 is 27.2 Å². The van der Waals surface area contributed by atoms with Crippen molar-refractivity contribution in [3.63, 3.8) is 0 Å². The summed E-state index contributed by atoms with van der Waals surface area (Å²) in [6, 6.07) is 10.1. The summed E-state index contributed by atoms with van der Waals surface area (Å²) in [5, 5.41) is 11.9. The molecule has 1 fully saturated rings. The van der Waals surface area contributed by atoms with E-state index in [0.717, 1.165) is 5.69 Å². The van der Waals surface area contributed by atoms with E-state index in [0.29, 0.717) is 24.3 Å². The fraction of sp³-hybridized carbons (Fsp3) is 0.333. The number of nitriles is 1. The van der Waals surface area contributed by atoms with Crippen LogP contribution in [0, 0.1) is 11.3 Å². The summed E-state index contributed by atoms with van der Waals surface area (Å²) in [6.45, 7) is 2.22. The zero-order chi connectivity index (χ0) is 19.4. The van der Waals surface area contributed by atoms with E-state index >= 15 is 0 Å². The maximum absolute atomic E-state index is 12.8. The van der Waals surface area contributed by atoms with Crippen LogP contribution in [-0.2, 0) is 9.84 Å². The molecule has 1 aliphatic heterocycles. The summed E-state index contributed by atoms with van der Waals surface area (Å²) in [7, 11) is -3.08. The van der Waals surface area contributed by atoms with E-state index in [4.69, 9.17) is 5.26 Å². The zero-order valence-corrected chi connectivity index (χ0v) is 15.6. The molecule has 0 spiro atoms. The molecule has 2 aromatic rings. The lowest BCUT2D eigenvalue weighted by Crippen LogP contribution is -2.41. The van der Waals surface area contributed by atoms with E-state index < -0.39 is 9.84 Å². The quantitative estimate of drug-likeness (QED) is 0.833. The van der Waals surface area contributed by atoms with Gasteiger partial charge in [-0.25, -0.2) is 18.4 Å². The normalized spacial score (nSPS) is 17.9. The standard InChI is InChI=1S/C18H19N5O3S/c1-2-23(15-7-8-27(25,26)11-15)18(24)16-9-17(21-12-20-16)22-14-5-3-13(10-19)4-6-14/h3-6,9,12,15H,2,7-8,11H2,1H3,(H,20,21,22). The number of anilines is 2. The van der Waals surface area contributed by atoms with Gasteiger partial charge in [0.2, 0.25) is 0 Å². The van der Waals surface area contributed by atoms with Gasteiger partial charge < -0.3 is 10.2 Å². The Bertz CT molecular complexity index is 983. The number of hydrogen-bond donors (Lipinski definition) is 1. The number of rotatable bonds is 5. The monoisotopic (exact) mass is 385 g/mol. The minimum absolute atomic E-state index is 0.00594. The van der Waals surface area contributed by atoms with Gasteiger partial charge in [-0.2, -0.15) is 5.26 Å². The number of benzene rings is 1. The first-order chi connectivity index (χ1) is 12.9. The molecule has 1 unspecified atom stereocenters. The number of hydrogen-bond acceptors (Lipinski definition) is 7. The summed E-state index contributed by atoms with van der Waals surface area (Å²) in [5.74, 6) is 0.225. The van der Waals surface area contributed by atoms with Gasteiger partial charge in [-0.15, -0.1) is 0 Å². The number of sulfone groups is 1. The highest BCUT2D eigenvalue weighted by molar-refractivity contribution is 7.91. The molecule has 2 heterocycles. The third-order valence-electron chi connectivity index (χ3n) is 4.42. The van der Waals surface area contributed by atoms with E-state index in [1.807, 2.05) is 13.0 Å². The smallest absolute Gasteiger partial charge is 0.272 e. The first-order valence-electron chi connectivity index (χ1n) is 8.52. The molecule has 3 rings (SSSR count). The zero-order valence-electron chi connectivity index (χ0n) is 14.8. The molecule has 1 aromatic heterocycles. The molecule has 1 aromatic carbocycles. The molecule has 140 valence electrons. The van der Waals surface area contributed by atoms with E-state index in [-0.39, 0.29) is 29.1 Å². The second-order valence-corrected chi connectivity index (χ2v) is 8.48. The van der Waals surface area contributed by atoms with Crippen LogP contribution in [-0.4, -0.2) is 53.3 Å². The van der Waals surface area contributed by atoms with Crippen molar-refractivity contribution in [3.05, 3.63) is 47.9 Å². The Kier molecular flexibility index (Phi) is 5.37. The van der Waals surface area contributed by atoms with Crippen molar-refractivity contribution < 1.29 is 13.2 Å². The number of nitrogens with zero attached hydrogens (tertiary/aromatic N) is 4. The third-order valence-corrected chi connectivity index (χ3v) is 6.17. The first kappa shape index (κ1) is 18.8. The Labute approximate surface area is 157 Å². The lowest BCUT2D eigenvalue weighted by atomic mass is 10.2. The Balaban J connectivity index is 1.77. The second kappa shape index (κ2) is 7.72. The summed E-state index contributed by atoms with van der Waals surface area (Å²) >= 11 is 0. The van der Waals surface area contributed by atoms with Crippen LogP contribution in [0.4, 0.5) is 11.5 Å². The second-order valence-electron chi connectivity index (χ2n) is 6.25. The van der Waals surface area contributed by atoms with Crippen molar-refractivity contribution in [3.8, 4) is 6.07 Å². The minimum atomic E-state index is -3.08. The van der Waals surface area contributed by atoms with E-state index in [1.165, 1.54) is 12.4 Å². The molecule has 9 heteroatoms. The van der Waals surface area contributed by atoms with Gasteiger partial charge in [0.1, 0.15) is 17.8 Å². The Hall–Kier alpha value is -2.99. The summed E-state index contributed by atoms with van der Waals surface area (Å²) in [5.41, 5.74) is 1.47. The molecule has 0 radical (unpaired) electrons. The molecule has 1 aliphatic rings. The molecule has 8 nitrogen and oxygen atoms in total. The molecule has 1 saturated heterocycles. The van der Waals surface area contributed by atoms with Gasteiger partial charge in [-0.1, -0.05) is 0 Å². The predicted molar refractivity (Wildman–Crippen MR) is 100 cm³/mol. The van der Waals surface area contributed by atoms with Crippen LogP contribution >= 0.6 is 0 Å². The van der Waals surface area contributed by atoms with E-state index in [1.54, 1.807) is 29.2 Å². The SMILES string of the molecule is CCN(C(=O)c1cc(Nc2ccc(C#N)cc2)ncn1)C1CCS(=O)(=O)C1. The van der Waals surface area contributed by atoms with Crippen LogP contribution in [0.1, 0.15) is 29.4 Å². The van der Waals surface area contributed by atoms with Crippen LogP contribution in [0.3, 0.4) is 0 Å². The Morgan fingerprint density at radius 3 is 2.67 bits per heavy atom. The topological polar surface area (TPSA) is 116 Å². The van der Waals surface area contributed by atoms with Crippen LogP contribution < -0.4 is 5.32 Å². The number of aromatic nitrogens is 2. The van der Waals surface area contributed by atoms with E-state index in [9.17, 15) is 13.2 Å². The van der Waals surface area contributed by atoms with Gasteiger partial charge >= 0.3 is 0 Å². The van der Waals surface area contributed by atoms with Crippen molar-refractivity contribution in [2.24, 2.45) is 0 Å².